The molecule has 2 amide bonds. The van der Waals surface area contributed by atoms with Crippen LogP contribution in [0.5, 0.6) is 0 Å². The molecular formula is C20H26N4O2S. The van der Waals surface area contributed by atoms with Crippen LogP contribution in [0.15, 0.2) is 36.1 Å². The molecule has 144 valence electrons. The normalized spacial score (nSPS) is 16.7. The minimum absolute atomic E-state index is 0.0919. The standard InChI is InChI=1S/C20H26N4O2S/c1-3-20(2,19(26)23-15-7-4-5-8-15)24(14-16-9-6-12-27-16)18(25)17-13-21-10-11-22-17/h6,9-13,15H,3-5,7-8,14H2,1-2H3,(H,23,26). The first-order valence-electron chi connectivity index (χ1n) is 9.46. The summed E-state index contributed by atoms with van der Waals surface area (Å²) in [5.74, 6) is -0.367. The quantitative estimate of drug-likeness (QED) is 0.791. The molecule has 2 aromatic rings. The van der Waals surface area contributed by atoms with Crippen molar-refractivity contribution in [3.8, 4) is 0 Å². The van der Waals surface area contributed by atoms with Crippen molar-refractivity contribution in [2.75, 3.05) is 0 Å². The molecule has 27 heavy (non-hydrogen) atoms. The van der Waals surface area contributed by atoms with Crippen molar-refractivity contribution in [3.05, 3.63) is 46.7 Å². The van der Waals surface area contributed by atoms with E-state index >= 15 is 0 Å². The van der Waals surface area contributed by atoms with Crippen LogP contribution in [-0.4, -0.2) is 38.3 Å². The number of nitrogens with one attached hydrogen (secondary N) is 1. The zero-order valence-corrected chi connectivity index (χ0v) is 16.7. The van der Waals surface area contributed by atoms with E-state index in [2.05, 4.69) is 15.3 Å². The monoisotopic (exact) mass is 386 g/mol. The second kappa shape index (κ2) is 8.61. The topological polar surface area (TPSA) is 75.2 Å². The van der Waals surface area contributed by atoms with Crippen LogP contribution in [0.25, 0.3) is 0 Å². The molecule has 0 aliphatic heterocycles. The molecule has 1 unspecified atom stereocenters. The highest BCUT2D eigenvalue weighted by Crippen LogP contribution is 2.27. The van der Waals surface area contributed by atoms with E-state index in [-0.39, 0.29) is 23.6 Å². The minimum atomic E-state index is -0.957. The van der Waals surface area contributed by atoms with Crippen molar-refractivity contribution in [2.45, 2.75) is 64.1 Å². The number of aromatic nitrogens is 2. The van der Waals surface area contributed by atoms with Gasteiger partial charge in [0.2, 0.25) is 5.91 Å². The predicted molar refractivity (Wildman–Crippen MR) is 105 cm³/mol. The lowest BCUT2D eigenvalue weighted by Gasteiger charge is -2.39. The smallest absolute Gasteiger partial charge is 0.275 e. The molecule has 0 radical (unpaired) electrons. The van der Waals surface area contributed by atoms with Crippen molar-refractivity contribution in [3.63, 3.8) is 0 Å². The maximum atomic E-state index is 13.3. The SMILES string of the molecule is CCC(C)(C(=O)NC1CCCC1)N(Cc1cccs1)C(=O)c1cnccn1. The number of carbonyl (C=O) groups is 2. The Labute approximate surface area is 164 Å². The Morgan fingerprint density at radius 1 is 1.33 bits per heavy atom. The van der Waals surface area contributed by atoms with Crippen LogP contribution in [0.4, 0.5) is 0 Å². The van der Waals surface area contributed by atoms with Crippen molar-refractivity contribution in [1.29, 1.82) is 0 Å². The van der Waals surface area contributed by atoms with Gasteiger partial charge in [0.25, 0.3) is 5.91 Å². The van der Waals surface area contributed by atoms with Gasteiger partial charge in [-0.15, -0.1) is 11.3 Å². The van der Waals surface area contributed by atoms with Crippen LogP contribution in [0, 0.1) is 0 Å². The minimum Gasteiger partial charge on any atom is -0.351 e. The van der Waals surface area contributed by atoms with Crippen molar-refractivity contribution in [2.24, 2.45) is 0 Å². The van der Waals surface area contributed by atoms with Gasteiger partial charge in [-0.1, -0.05) is 25.8 Å². The summed E-state index contributed by atoms with van der Waals surface area (Å²) in [4.78, 5) is 37.3. The van der Waals surface area contributed by atoms with Gasteiger partial charge in [0.1, 0.15) is 11.2 Å². The third-order valence-corrected chi connectivity index (χ3v) is 6.25. The Hall–Kier alpha value is -2.28. The summed E-state index contributed by atoms with van der Waals surface area (Å²) < 4.78 is 0. The number of hydrogen-bond donors (Lipinski definition) is 1. The van der Waals surface area contributed by atoms with Crippen LogP contribution in [0.2, 0.25) is 0 Å². The third kappa shape index (κ3) is 4.35. The van der Waals surface area contributed by atoms with E-state index in [9.17, 15) is 9.59 Å². The van der Waals surface area contributed by atoms with Crippen LogP contribution in [0.1, 0.15) is 61.3 Å². The van der Waals surface area contributed by atoms with E-state index < -0.39 is 5.54 Å². The van der Waals surface area contributed by atoms with Gasteiger partial charge in [0.15, 0.2) is 0 Å². The summed E-state index contributed by atoms with van der Waals surface area (Å²) >= 11 is 1.57. The number of thiophene rings is 1. The highest BCUT2D eigenvalue weighted by Gasteiger charge is 2.42. The lowest BCUT2D eigenvalue weighted by atomic mass is 9.93. The largest absolute Gasteiger partial charge is 0.351 e. The first kappa shape index (κ1) is 19.5. The molecule has 2 heterocycles. The van der Waals surface area contributed by atoms with E-state index in [1.165, 1.54) is 18.6 Å². The fourth-order valence-corrected chi connectivity index (χ4v) is 4.15. The highest BCUT2D eigenvalue weighted by atomic mass is 32.1. The predicted octanol–water partition coefficient (Wildman–Crippen LogP) is 3.41. The average molecular weight is 387 g/mol. The van der Waals surface area contributed by atoms with Crippen LogP contribution in [-0.2, 0) is 11.3 Å². The Morgan fingerprint density at radius 2 is 2.11 bits per heavy atom. The van der Waals surface area contributed by atoms with E-state index in [0.29, 0.717) is 13.0 Å². The van der Waals surface area contributed by atoms with Gasteiger partial charge in [0, 0.05) is 23.3 Å². The molecule has 1 fully saturated rings. The fraction of sp³-hybridized carbons (Fsp3) is 0.500. The Morgan fingerprint density at radius 3 is 2.70 bits per heavy atom. The summed E-state index contributed by atoms with van der Waals surface area (Å²) in [5, 5.41) is 5.15. The molecule has 1 aliphatic carbocycles. The van der Waals surface area contributed by atoms with Gasteiger partial charge < -0.3 is 10.2 Å². The summed E-state index contributed by atoms with van der Waals surface area (Å²) in [6, 6.07) is 4.14. The van der Waals surface area contributed by atoms with E-state index in [0.717, 1.165) is 30.6 Å². The molecule has 1 aliphatic rings. The first-order chi connectivity index (χ1) is 13.0. The van der Waals surface area contributed by atoms with Crippen LogP contribution < -0.4 is 5.32 Å². The zero-order chi connectivity index (χ0) is 19.3. The van der Waals surface area contributed by atoms with E-state index in [4.69, 9.17) is 0 Å². The summed E-state index contributed by atoms with van der Waals surface area (Å²) in [6.45, 7) is 4.16. The van der Waals surface area contributed by atoms with Crippen LogP contribution in [0.3, 0.4) is 0 Å². The van der Waals surface area contributed by atoms with Gasteiger partial charge >= 0.3 is 0 Å². The number of hydrogen-bond acceptors (Lipinski definition) is 5. The van der Waals surface area contributed by atoms with Crippen molar-refractivity contribution in [1.82, 2.24) is 20.2 Å². The third-order valence-electron chi connectivity index (χ3n) is 5.39. The van der Waals surface area contributed by atoms with E-state index in [1.807, 2.05) is 31.4 Å². The highest BCUT2D eigenvalue weighted by molar-refractivity contribution is 7.09. The second-order valence-corrected chi connectivity index (χ2v) is 8.18. The van der Waals surface area contributed by atoms with Gasteiger partial charge in [-0.3, -0.25) is 14.6 Å². The average Bonchev–Trinajstić information content (AvgIpc) is 3.39. The number of carbonyl (C=O) groups excluding carboxylic acids is 2. The molecule has 6 nitrogen and oxygen atoms in total. The van der Waals surface area contributed by atoms with Gasteiger partial charge in [-0.2, -0.15) is 0 Å². The first-order valence-corrected chi connectivity index (χ1v) is 10.3. The van der Waals surface area contributed by atoms with Gasteiger partial charge in [-0.05, 0) is 37.6 Å². The molecule has 2 aromatic heterocycles. The van der Waals surface area contributed by atoms with Crippen molar-refractivity contribution >= 4 is 23.2 Å². The molecule has 7 heteroatoms. The molecule has 3 rings (SSSR count). The number of amides is 2. The second-order valence-electron chi connectivity index (χ2n) is 7.14. The van der Waals surface area contributed by atoms with Gasteiger partial charge in [-0.25, -0.2) is 4.98 Å². The Kier molecular flexibility index (Phi) is 6.21. The summed E-state index contributed by atoms with van der Waals surface area (Å²) in [6.07, 6.45) is 9.31. The maximum Gasteiger partial charge on any atom is 0.275 e. The van der Waals surface area contributed by atoms with Crippen LogP contribution >= 0.6 is 11.3 Å². The molecule has 1 saturated carbocycles. The molecule has 1 N–H and O–H groups in total. The molecule has 0 aromatic carbocycles. The summed E-state index contributed by atoms with van der Waals surface area (Å²) in [7, 11) is 0. The molecule has 0 bridgehead atoms. The Bertz CT molecular complexity index is 760. The molecule has 1 atom stereocenters. The maximum absolute atomic E-state index is 13.3. The number of rotatable bonds is 7. The zero-order valence-electron chi connectivity index (χ0n) is 15.9. The molecule has 0 saturated heterocycles. The lowest BCUT2D eigenvalue weighted by Crippen LogP contribution is -2.59. The summed E-state index contributed by atoms with van der Waals surface area (Å²) in [5.41, 5.74) is -0.705. The molecule has 0 spiro atoms. The van der Waals surface area contributed by atoms with E-state index in [1.54, 1.807) is 16.2 Å². The van der Waals surface area contributed by atoms with Gasteiger partial charge in [0.05, 0.1) is 12.7 Å². The molecular weight excluding hydrogens is 360 g/mol. The fourth-order valence-electron chi connectivity index (χ4n) is 3.46. The van der Waals surface area contributed by atoms with Crippen molar-refractivity contribution < 1.29 is 9.59 Å². The lowest BCUT2D eigenvalue weighted by molar-refractivity contribution is -0.132. The number of nitrogens with zero attached hydrogens (tertiary/aromatic N) is 3. The Balaban J connectivity index is 1.90.